The number of rotatable bonds is 16. The molecule has 0 saturated heterocycles. The van der Waals surface area contributed by atoms with Crippen molar-refractivity contribution in [2.75, 3.05) is 13.2 Å². The zero-order chi connectivity index (χ0) is 27.7. The first-order valence-corrected chi connectivity index (χ1v) is 16.3. The number of ether oxygens (including phenoxy) is 2. The summed E-state index contributed by atoms with van der Waals surface area (Å²) in [5, 5.41) is 4.60. The first-order chi connectivity index (χ1) is 18.2. The smallest absolute Gasteiger partial charge is 0.169 e. The van der Waals surface area contributed by atoms with Crippen molar-refractivity contribution in [2.45, 2.75) is 92.9 Å². The van der Waals surface area contributed by atoms with E-state index in [1.165, 1.54) is 49.3 Å². The number of benzene rings is 3. The molecule has 0 N–H and O–H groups in total. The predicted octanol–water partition coefficient (Wildman–Crippen LogP) is 12.0. The average molecular weight is 649 g/mol. The van der Waals surface area contributed by atoms with Crippen LogP contribution in [0.25, 0.3) is 21.5 Å². The highest BCUT2D eigenvalue weighted by Gasteiger charge is 2.19. The van der Waals surface area contributed by atoms with E-state index in [9.17, 15) is 0 Å². The van der Waals surface area contributed by atoms with Crippen molar-refractivity contribution in [1.29, 1.82) is 0 Å². The Balaban J connectivity index is 1.84. The summed E-state index contributed by atoms with van der Waals surface area (Å²) < 4.78 is 15.4. The monoisotopic (exact) mass is 646 g/mol. The Hall–Kier alpha value is -1.26. The zero-order valence-corrected chi connectivity index (χ0v) is 27.6. The third-order valence-electron chi connectivity index (χ3n) is 7.62. The van der Waals surface area contributed by atoms with Crippen LogP contribution in [-0.2, 0) is 0 Å². The highest BCUT2D eigenvalue weighted by atomic mass is 79.9. The molecule has 3 rings (SSSR count). The largest absolute Gasteiger partial charge is 0.489 e. The van der Waals surface area contributed by atoms with Gasteiger partial charge in [0, 0.05) is 19.7 Å². The Morgan fingerprint density at radius 2 is 0.921 bits per heavy atom. The van der Waals surface area contributed by atoms with Gasteiger partial charge in [-0.3, -0.25) is 0 Å². The molecular formula is C34H48Br2O2. The number of hydrogen-bond donors (Lipinski definition) is 0. The maximum absolute atomic E-state index is 6.62. The lowest BCUT2D eigenvalue weighted by atomic mass is 9.97. The zero-order valence-electron chi connectivity index (χ0n) is 24.4. The van der Waals surface area contributed by atoms with Gasteiger partial charge in [-0.1, -0.05) is 112 Å². The van der Waals surface area contributed by atoms with Gasteiger partial charge in [-0.25, -0.2) is 0 Å². The van der Waals surface area contributed by atoms with Crippen LogP contribution in [0.4, 0.5) is 0 Å². The maximum atomic E-state index is 6.62. The molecule has 0 aliphatic rings. The standard InChI is InChI=1S/C34H48Br2O2/c1-23(2)9-7-11-25(5)17-19-37-33-29-15-13-27(35)21-31(29)32-22-28(36)14-16-30(32)34(33)38-20-18-26(6)12-8-10-24(3)4/h13-16,21-26H,7-12,17-20H2,1-6H3/t25-,26-/m0/s1. The van der Waals surface area contributed by atoms with Crippen LogP contribution in [0.5, 0.6) is 11.5 Å². The van der Waals surface area contributed by atoms with Crippen molar-refractivity contribution >= 4 is 53.4 Å². The Labute approximate surface area is 248 Å². The van der Waals surface area contributed by atoms with Gasteiger partial charge in [0.2, 0.25) is 0 Å². The molecule has 2 nitrogen and oxygen atoms in total. The second-order valence-electron chi connectivity index (χ2n) is 12.2. The van der Waals surface area contributed by atoms with Crippen molar-refractivity contribution in [3.63, 3.8) is 0 Å². The lowest BCUT2D eigenvalue weighted by Crippen LogP contribution is -2.09. The minimum Gasteiger partial charge on any atom is -0.489 e. The number of hydrogen-bond acceptors (Lipinski definition) is 2. The van der Waals surface area contributed by atoms with Crippen molar-refractivity contribution < 1.29 is 9.47 Å². The van der Waals surface area contributed by atoms with Crippen LogP contribution >= 0.6 is 31.9 Å². The van der Waals surface area contributed by atoms with Gasteiger partial charge in [-0.2, -0.15) is 0 Å². The molecule has 4 heteroatoms. The van der Waals surface area contributed by atoms with E-state index >= 15 is 0 Å². The van der Waals surface area contributed by atoms with Crippen LogP contribution in [0.2, 0.25) is 0 Å². The molecule has 0 spiro atoms. The van der Waals surface area contributed by atoms with Gasteiger partial charge in [-0.15, -0.1) is 0 Å². The molecular weight excluding hydrogens is 600 g/mol. The maximum Gasteiger partial charge on any atom is 0.169 e. The molecule has 0 fully saturated rings. The van der Waals surface area contributed by atoms with E-state index in [0.29, 0.717) is 25.0 Å². The lowest BCUT2D eigenvalue weighted by Gasteiger charge is -2.21. The van der Waals surface area contributed by atoms with Gasteiger partial charge >= 0.3 is 0 Å². The average Bonchev–Trinajstić information content (AvgIpc) is 2.84. The van der Waals surface area contributed by atoms with E-state index in [4.69, 9.17) is 9.47 Å². The van der Waals surface area contributed by atoms with Crippen LogP contribution in [-0.4, -0.2) is 13.2 Å². The lowest BCUT2D eigenvalue weighted by molar-refractivity contribution is 0.241. The number of fused-ring (bicyclic) bond motifs is 3. The van der Waals surface area contributed by atoms with Gasteiger partial charge < -0.3 is 9.47 Å². The van der Waals surface area contributed by atoms with Gasteiger partial charge in [0.05, 0.1) is 13.2 Å². The first-order valence-electron chi connectivity index (χ1n) is 14.8. The quantitative estimate of drug-likeness (QED) is 0.144. The fraction of sp³-hybridized carbons (Fsp3) is 0.588. The fourth-order valence-electron chi connectivity index (χ4n) is 5.17. The summed E-state index contributed by atoms with van der Waals surface area (Å²) in [6.45, 7) is 15.4. The molecule has 0 aromatic heterocycles. The normalized spacial score (nSPS) is 13.5. The molecule has 0 amide bonds. The van der Waals surface area contributed by atoms with E-state index in [1.807, 2.05) is 0 Å². The summed E-state index contributed by atoms with van der Waals surface area (Å²) in [5.41, 5.74) is 0. The van der Waals surface area contributed by atoms with Gasteiger partial charge in [0.1, 0.15) is 0 Å². The van der Waals surface area contributed by atoms with E-state index in [-0.39, 0.29) is 0 Å². The topological polar surface area (TPSA) is 18.5 Å². The van der Waals surface area contributed by atoms with Crippen molar-refractivity contribution in [2.24, 2.45) is 23.7 Å². The molecule has 0 aliphatic carbocycles. The summed E-state index contributed by atoms with van der Waals surface area (Å²) in [4.78, 5) is 0. The molecule has 0 radical (unpaired) electrons. The molecule has 0 heterocycles. The molecule has 38 heavy (non-hydrogen) atoms. The van der Waals surface area contributed by atoms with E-state index in [1.54, 1.807) is 0 Å². The Kier molecular flexibility index (Phi) is 12.8. The van der Waals surface area contributed by atoms with Gasteiger partial charge in [0.15, 0.2) is 11.5 Å². The van der Waals surface area contributed by atoms with Crippen molar-refractivity contribution in [1.82, 2.24) is 0 Å². The van der Waals surface area contributed by atoms with Crippen LogP contribution in [0, 0.1) is 23.7 Å². The summed E-state index contributed by atoms with van der Waals surface area (Å²) in [6.07, 6.45) is 9.84. The van der Waals surface area contributed by atoms with Crippen molar-refractivity contribution in [3.05, 3.63) is 45.3 Å². The first kappa shape index (κ1) is 31.3. The van der Waals surface area contributed by atoms with Gasteiger partial charge in [-0.05, 0) is 83.7 Å². The molecule has 0 unspecified atom stereocenters. The van der Waals surface area contributed by atoms with Gasteiger partial charge in [0.25, 0.3) is 0 Å². The Bertz CT molecular complexity index is 1060. The fourth-order valence-corrected chi connectivity index (χ4v) is 5.89. The third-order valence-corrected chi connectivity index (χ3v) is 8.61. The highest BCUT2D eigenvalue weighted by molar-refractivity contribution is 9.10. The molecule has 2 atom stereocenters. The summed E-state index contributed by atoms with van der Waals surface area (Å²) in [5.74, 6) is 4.65. The van der Waals surface area contributed by atoms with E-state index < -0.39 is 0 Å². The second-order valence-corrected chi connectivity index (χ2v) is 14.0. The summed E-state index contributed by atoms with van der Waals surface area (Å²) >= 11 is 7.38. The Morgan fingerprint density at radius 3 is 1.29 bits per heavy atom. The van der Waals surface area contributed by atoms with Crippen LogP contribution in [0.15, 0.2) is 45.3 Å². The van der Waals surface area contributed by atoms with Crippen LogP contribution < -0.4 is 9.47 Å². The molecule has 3 aromatic rings. The summed E-state index contributed by atoms with van der Waals surface area (Å²) in [7, 11) is 0. The minimum absolute atomic E-state index is 0.654. The number of halogens is 2. The minimum atomic E-state index is 0.654. The third kappa shape index (κ3) is 9.44. The van der Waals surface area contributed by atoms with Crippen LogP contribution in [0.1, 0.15) is 92.9 Å². The predicted molar refractivity (Wildman–Crippen MR) is 173 cm³/mol. The highest BCUT2D eigenvalue weighted by Crippen LogP contribution is 2.45. The SMILES string of the molecule is CC(C)CCC[C@H](C)CCOc1c(OCC[C@@H](C)CCCC(C)C)c2ccc(Br)cc2c2cc(Br)ccc12. The van der Waals surface area contributed by atoms with E-state index in [2.05, 4.69) is 110 Å². The molecule has 0 saturated carbocycles. The molecule has 210 valence electrons. The summed E-state index contributed by atoms with van der Waals surface area (Å²) in [6, 6.07) is 12.9. The molecule has 0 aliphatic heterocycles. The second kappa shape index (κ2) is 15.5. The van der Waals surface area contributed by atoms with E-state index in [0.717, 1.165) is 55.9 Å². The van der Waals surface area contributed by atoms with Crippen molar-refractivity contribution in [3.8, 4) is 11.5 Å². The Morgan fingerprint density at radius 1 is 0.526 bits per heavy atom. The molecule has 0 bridgehead atoms. The van der Waals surface area contributed by atoms with Crippen LogP contribution in [0.3, 0.4) is 0 Å². The molecule has 3 aromatic carbocycles.